The van der Waals surface area contributed by atoms with Crippen LogP contribution in [0.15, 0.2) is 0 Å². The molecule has 4 heteroatoms. The number of rotatable bonds is 4. The van der Waals surface area contributed by atoms with E-state index >= 15 is 0 Å². The first kappa shape index (κ1) is 16.5. The normalized spacial score (nSPS) is 35.5. The van der Waals surface area contributed by atoms with Gasteiger partial charge >= 0.3 is 0 Å². The molecule has 2 unspecified atom stereocenters. The quantitative estimate of drug-likeness (QED) is 0.808. The van der Waals surface area contributed by atoms with Crippen molar-refractivity contribution in [2.75, 3.05) is 13.7 Å². The summed E-state index contributed by atoms with van der Waals surface area (Å²) in [5.74, 6) is 0. The summed E-state index contributed by atoms with van der Waals surface area (Å²) in [5, 5.41) is 11.1. The average Bonchev–Trinajstić information content (AvgIpc) is 2.52. The van der Waals surface area contributed by atoms with E-state index in [4.69, 9.17) is 4.43 Å². The van der Waals surface area contributed by atoms with Crippen LogP contribution in [0.4, 0.5) is 0 Å². The predicted molar refractivity (Wildman–Crippen MR) is 86.5 cm³/mol. The lowest BCUT2D eigenvalue weighted by Gasteiger charge is -2.43. The van der Waals surface area contributed by atoms with E-state index in [-0.39, 0.29) is 5.04 Å². The maximum Gasteiger partial charge on any atom is 0.191 e. The zero-order valence-corrected chi connectivity index (χ0v) is 15.2. The van der Waals surface area contributed by atoms with Crippen molar-refractivity contribution in [2.45, 2.75) is 88.7 Å². The van der Waals surface area contributed by atoms with Gasteiger partial charge in [0, 0.05) is 18.7 Å². The van der Waals surface area contributed by atoms with Crippen LogP contribution in [0.1, 0.15) is 52.9 Å². The van der Waals surface area contributed by atoms with Crippen LogP contribution >= 0.6 is 0 Å². The highest BCUT2D eigenvalue weighted by molar-refractivity contribution is 6.74. The molecule has 2 bridgehead atoms. The standard InChI is InChI=1S/C16H33NO2Si/c1-15(2,3)20(5,6)19-10-9-16(18)11-13-7-8-14(12-16)17(13)4/h13-14,18H,7-12H2,1-6H3. The lowest BCUT2D eigenvalue weighted by Crippen LogP contribution is -2.50. The molecule has 2 aliphatic rings. The van der Waals surface area contributed by atoms with Crippen LogP contribution < -0.4 is 0 Å². The minimum absolute atomic E-state index is 0.251. The molecule has 0 amide bonds. The van der Waals surface area contributed by atoms with Crippen LogP contribution in [0.2, 0.25) is 18.1 Å². The summed E-state index contributed by atoms with van der Waals surface area (Å²) in [6.07, 6.45) is 5.18. The molecule has 3 nitrogen and oxygen atoms in total. The van der Waals surface area contributed by atoms with Gasteiger partial charge in [-0.25, -0.2) is 0 Å². The number of piperidine rings is 1. The second-order valence-corrected chi connectivity index (χ2v) is 13.4. The monoisotopic (exact) mass is 299 g/mol. The molecule has 20 heavy (non-hydrogen) atoms. The number of nitrogens with zero attached hydrogens (tertiary/aromatic N) is 1. The highest BCUT2D eigenvalue weighted by atomic mass is 28.4. The molecule has 0 spiro atoms. The molecule has 118 valence electrons. The molecule has 2 rings (SSSR count). The van der Waals surface area contributed by atoms with Crippen LogP contribution in [-0.4, -0.2) is 49.7 Å². The molecule has 0 radical (unpaired) electrons. The van der Waals surface area contributed by atoms with Crippen molar-refractivity contribution in [2.24, 2.45) is 0 Å². The minimum Gasteiger partial charge on any atom is -0.417 e. The maximum absolute atomic E-state index is 10.9. The van der Waals surface area contributed by atoms with Gasteiger partial charge in [-0.1, -0.05) is 20.8 Å². The SMILES string of the molecule is CN1C2CCC1CC(O)(CCO[Si](C)(C)C(C)(C)C)C2. The van der Waals surface area contributed by atoms with E-state index in [1.54, 1.807) is 0 Å². The average molecular weight is 300 g/mol. The molecule has 2 atom stereocenters. The molecule has 1 N–H and O–H groups in total. The Hall–Kier alpha value is 0.0969. The fourth-order valence-corrected chi connectivity index (χ4v) is 4.51. The van der Waals surface area contributed by atoms with Gasteiger partial charge in [-0.3, -0.25) is 0 Å². The summed E-state index contributed by atoms with van der Waals surface area (Å²) >= 11 is 0. The van der Waals surface area contributed by atoms with Crippen molar-refractivity contribution >= 4 is 8.32 Å². The lowest BCUT2D eigenvalue weighted by atomic mass is 9.84. The molecular weight excluding hydrogens is 266 g/mol. The Bertz CT molecular complexity index is 337. The Morgan fingerprint density at radius 3 is 2.15 bits per heavy atom. The number of hydrogen-bond donors (Lipinski definition) is 1. The van der Waals surface area contributed by atoms with E-state index in [1.807, 2.05) is 0 Å². The summed E-state index contributed by atoms with van der Waals surface area (Å²) in [4.78, 5) is 2.48. The van der Waals surface area contributed by atoms with Crippen LogP contribution in [0.25, 0.3) is 0 Å². The van der Waals surface area contributed by atoms with Gasteiger partial charge in [0.15, 0.2) is 8.32 Å². The van der Waals surface area contributed by atoms with Gasteiger partial charge in [-0.05, 0) is 57.3 Å². The van der Waals surface area contributed by atoms with Gasteiger partial charge in [-0.2, -0.15) is 0 Å². The summed E-state index contributed by atoms with van der Waals surface area (Å²) in [6.45, 7) is 12.1. The van der Waals surface area contributed by atoms with Crippen molar-refractivity contribution in [1.29, 1.82) is 0 Å². The van der Waals surface area contributed by atoms with Crippen LogP contribution in [0.3, 0.4) is 0 Å². The summed E-state index contributed by atoms with van der Waals surface area (Å²) in [6, 6.07) is 1.18. The van der Waals surface area contributed by atoms with Crippen LogP contribution in [0.5, 0.6) is 0 Å². The predicted octanol–water partition coefficient (Wildman–Crippen LogP) is 3.39. The Balaban J connectivity index is 1.86. The number of aliphatic hydroxyl groups is 1. The van der Waals surface area contributed by atoms with Crippen molar-refractivity contribution < 1.29 is 9.53 Å². The van der Waals surface area contributed by atoms with Gasteiger partial charge < -0.3 is 14.4 Å². The zero-order valence-electron chi connectivity index (χ0n) is 14.2. The second kappa shape index (κ2) is 5.38. The third-order valence-electron chi connectivity index (χ3n) is 6.05. The molecular formula is C16H33NO2Si. The highest BCUT2D eigenvalue weighted by Crippen LogP contribution is 2.42. The van der Waals surface area contributed by atoms with E-state index < -0.39 is 13.9 Å². The topological polar surface area (TPSA) is 32.7 Å². The van der Waals surface area contributed by atoms with Gasteiger partial charge in [-0.15, -0.1) is 0 Å². The summed E-state index contributed by atoms with van der Waals surface area (Å²) in [5.41, 5.74) is -0.485. The van der Waals surface area contributed by atoms with Gasteiger partial charge in [0.2, 0.25) is 0 Å². The first-order valence-electron chi connectivity index (χ1n) is 8.12. The summed E-state index contributed by atoms with van der Waals surface area (Å²) in [7, 11) is 0.541. The molecule has 2 aliphatic heterocycles. The first-order chi connectivity index (χ1) is 9.04. The Morgan fingerprint density at radius 2 is 1.70 bits per heavy atom. The number of hydrogen-bond acceptors (Lipinski definition) is 3. The Kier molecular flexibility index (Phi) is 4.43. The third-order valence-corrected chi connectivity index (χ3v) is 10.6. The molecule has 0 aliphatic carbocycles. The van der Waals surface area contributed by atoms with Crippen molar-refractivity contribution in [1.82, 2.24) is 4.90 Å². The minimum atomic E-state index is -1.68. The van der Waals surface area contributed by atoms with Gasteiger partial charge in [0.05, 0.1) is 5.60 Å². The number of fused-ring (bicyclic) bond motifs is 2. The molecule has 2 heterocycles. The smallest absolute Gasteiger partial charge is 0.191 e. The Morgan fingerprint density at radius 1 is 1.20 bits per heavy atom. The van der Waals surface area contributed by atoms with Gasteiger partial charge in [0.1, 0.15) is 0 Å². The molecule has 2 fully saturated rings. The van der Waals surface area contributed by atoms with Crippen molar-refractivity contribution in [3.8, 4) is 0 Å². The van der Waals surface area contributed by atoms with E-state index in [1.165, 1.54) is 12.8 Å². The first-order valence-corrected chi connectivity index (χ1v) is 11.0. The fourth-order valence-electron chi connectivity index (χ4n) is 3.46. The highest BCUT2D eigenvalue weighted by Gasteiger charge is 2.46. The zero-order chi connectivity index (χ0) is 15.2. The fraction of sp³-hybridized carbons (Fsp3) is 1.00. The third kappa shape index (κ3) is 3.29. The van der Waals surface area contributed by atoms with Crippen molar-refractivity contribution in [3.05, 3.63) is 0 Å². The molecule has 0 aromatic heterocycles. The maximum atomic E-state index is 10.9. The molecule has 0 aromatic carbocycles. The van der Waals surface area contributed by atoms with Crippen molar-refractivity contribution in [3.63, 3.8) is 0 Å². The summed E-state index contributed by atoms with van der Waals surface area (Å²) < 4.78 is 6.24. The van der Waals surface area contributed by atoms with Crippen LogP contribution in [-0.2, 0) is 4.43 Å². The Labute approximate surface area is 125 Å². The lowest BCUT2D eigenvalue weighted by molar-refractivity contribution is -0.0571. The molecule has 0 saturated carbocycles. The van der Waals surface area contributed by atoms with Crippen LogP contribution in [0, 0.1) is 0 Å². The molecule has 2 saturated heterocycles. The second-order valence-electron chi connectivity index (χ2n) is 8.54. The molecule has 0 aromatic rings. The van der Waals surface area contributed by atoms with E-state index in [9.17, 15) is 5.11 Å². The van der Waals surface area contributed by atoms with E-state index in [2.05, 4.69) is 45.8 Å². The van der Waals surface area contributed by atoms with E-state index in [0.29, 0.717) is 12.1 Å². The van der Waals surface area contributed by atoms with Gasteiger partial charge in [0.25, 0.3) is 0 Å². The largest absolute Gasteiger partial charge is 0.417 e. The van der Waals surface area contributed by atoms with E-state index in [0.717, 1.165) is 25.9 Å².